The molecule has 2 aromatic carbocycles. The SMILES string of the molecule is CN=CNc1ccn(CCNC(=O)CC(C)(C)O)c1CNc1ccc(Oc2cccc(Cl)c2)c(Cl)c1. The van der Waals surface area contributed by atoms with E-state index in [0.717, 1.165) is 17.1 Å². The van der Waals surface area contributed by atoms with Gasteiger partial charge in [0.15, 0.2) is 0 Å². The van der Waals surface area contributed by atoms with Gasteiger partial charge in [-0.15, -0.1) is 0 Å². The van der Waals surface area contributed by atoms with E-state index in [1.807, 2.05) is 35.0 Å². The molecule has 0 radical (unpaired) electrons. The fourth-order valence-corrected chi connectivity index (χ4v) is 3.88. The Bertz CT molecular complexity index is 1200. The van der Waals surface area contributed by atoms with Crippen LogP contribution >= 0.6 is 23.2 Å². The van der Waals surface area contributed by atoms with Crippen LogP contribution in [0, 0.1) is 0 Å². The molecule has 0 unspecified atom stereocenters. The van der Waals surface area contributed by atoms with Gasteiger partial charge in [0.2, 0.25) is 5.91 Å². The van der Waals surface area contributed by atoms with E-state index >= 15 is 0 Å². The molecule has 1 aromatic heterocycles. The van der Waals surface area contributed by atoms with Gasteiger partial charge in [-0.1, -0.05) is 29.3 Å². The van der Waals surface area contributed by atoms with Gasteiger partial charge >= 0.3 is 0 Å². The number of nitrogens with one attached hydrogen (secondary N) is 3. The van der Waals surface area contributed by atoms with E-state index in [9.17, 15) is 9.90 Å². The lowest BCUT2D eigenvalue weighted by Crippen LogP contribution is -2.34. The van der Waals surface area contributed by atoms with E-state index in [4.69, 9.17) is 27.9 Å². The Hall–Kier alpha value is -3.20. The van der Waals surface area contributed by atoms with Crippen molar-refractivity contribution in [3.05, 3.63) is 70.5 Å². The highest BCUT2D eigenvalue weighted by Gasteiger charge is 2.17. The van der Waals surface area contributed by atoms with Crippen molar-refractivity contribution in [1.82, 2.24) is 9.88 Å². The number of nitrogens with zero attached hydrogens (tertiary/aromatic N) is 2. The molecular formula is C26H31Cl2N5O3. The van der Waals surface area contributed by atoms with Crippen molar-refractivity contribution in [1.29, 1.82) is 0 Å². The Labute approximate surface area is 221 Å². The summed E-state index contributed by atoms with van der Waals surface area (Å²) in [6, 6.07) is 14.5. The molecule has 3 rings (SSSR count). The van der Waals surface area contributed by atoms with Gasteiger partial charge in [0.05, 0.1) is 41.3 Å². The maximum Gasteiger partial charge on any atom is 0.222 e. The van der Waals surface area contributed by atoms with Gasteiger partial charge in [-0.25, -0.2) is 0 Å². The summed E-state index contributed by atoms with van der Waals surface area (Å²) in [7, 11) is 1.69. The summed E-state index contributed by atoms with van der Waals surface area (Å²) in [5.41, 5.74) is 1.64. The molecule has 36 heavy (non-hydrogen) atoms. The molecule has 0 atom stereocenters. The lowest BCUT2D eigenvalue weighted by molar-refractivity contribution is -0.124. The second kappa shape index (κ2) is 12.7. The number of benzene rings is 2. The zero-order chi connectivity index (χ0) is 26.1. The number of carbonyl (C=O) groups is 1. The minimum atomic E-state index is -1.04. The van der Waals surface area contributed by atoms with Gasteiger partial charge in [-0.2, -0.15) is 0 Å². The fraction of sp³-hybridized carbons (Fsp3) is 0.308. The Morgan fingerprint density at radius 1 is 1.19 bits per heavy atom. The third-order valence-corrected chi connectivity index (χ3v) is 5.64. The number of aromatic nitrogens is 1. The molecule has 3 aromatic rings. The molecule has 8 nitrogen and oxygen atoms in total. The van der Waals surface area contributed by atoms with Crippen molar-refractivity contribution < 1.29 is 14.6 Å². The van der Waals surface area contributed by atoms with Gasteiger partial charge in [-0.05, 0) is 56.3 Å². The first-order valence-corrected chi connectivity index (χ1v) is 12.2. The first-order valence-electron chi connectivity index (χ1n) is 11.5. The maximum absolute atomic E-state index is 12.0. The van der Waals surface area contributed by atoms with Gasteiger partial charge in [0.1, 0.15) is 11.5 Å². The Kier molecular flexibility index (Phi) is 9.64. The topological polar surface area (TPSA) is 99.9 Å². The fourth-order valence-electron chi connectivity index (χ4n) is 3.49. The van der Waals surface area contributed by atoms with Crippen molar-refractivity contribution in [2.75, 3.05) is 24.2 Å². The molecule has 0 saturated carbocycles. The number of rotatable bonds is 12. The van der Waals surface area contributed by atoms with E-state index in [1.54, 1.807) is 51.5 Å². The molecule has 0 aliphatic carbocycles. The van der Waals surface area contributed by atoms with Crippen LogP contribution in [0.15, 0.2) is 59.7 Å². The summed E-state index contributed by atoms with van der Waals surface area (Å²) < 4.78 is 7.89. The lowest BCUT2D eigenvalue weighted by Gasteiger charge is -2.17. The second-order valence-electron chi connectivity index (χ2n) is 8.80. The number of aliphatic imine (C=N–C) groups is 1. The minimum absolute atomic E-state index is 0.0463. The molecule has 0 aliphatic rings. The van der Waals surface area contributed by atoms with Crippen LogP contribution in [-0.4, -0.2) is 41.1 Å². The van der Waals surface area contributed by atoms with E-state index in [0.29, 0.717) is 41.2 Å². The highest BCUT2D eigenvalue weighted by molar-refractivity contribution is 6.32. The summed E-state index contributed by atoms with van der Waals surface area (Å²) in [6.07, 6.45) is 3.61. The van der Waals surface area contributed by atoms with Gasteiger partial charge < -0.3 is 30.4 Å². The van der Waals surface area contributed by atoms with E-state index in [-0.39, 0.29) is 12.3 Å². The Morgan fingerprint density at radius 2 is 2.00 bits per heavy atom. The number of hydrogen-bond acceptors (Lipinski definition) is 5. The zero-order valence-corrected chi connectivity index (χ0v) is 22.0. The van der Waals surface area contributed by atoms with E-state index in [1.165, 1.54) is 0 Å². The van der Waals surface area contributed by atoms with Crippen LogP contribution in [0.1, 0.15) is 26.0 Å². The highest BCUT2D eigenvalue weighted by Crippen LogP contribution is 2.33. The molecule has 10 heteroatoms. The third-order valence-electron chi connectivity index (χ3n) is 5.11. The van der Waals surface area contributed by atoms with Crippen LogP contribution in [0.5, 0.6) is 11.5 Å². The number of anilines is 2. The summed E-state index contributed by atoms with van der Waals surface area (Å²) in [4.78, 5) is 16.0. The summed E-state index contributed by atoms with van der Waals surface area (Å²) in [5, 5.41) is 20.3. The van der Waals surface area contributed by atoms with Gasteiger partial charge in [0.25, 0.3) is 0 Å². The van der Waals surface area contributed by atoms with Crippen molar-refractivity contribution in [3.63, 3.8) is 0 Å². The third kappa shape index (κ3) is 8.48. The maximum atomic E-state index is 12.0. The highest BCUT2D eigenvalue weighted by atomic mass is 35.5. The lowest BCUT2D eigenvalue weighted by atomic mass is 10.1. The molecule has 0 spiro atoms. The standard InChI is InChI=1S/C26H31Cl2N5O3/c1-26(2,35)15-25(34)30-10-12-33-11-9-22(32-17-29-3)23(33)16-31-19-7-8-24(21(28)14-19)36-20-6-4-5-18(27)13-20/h4-9,11,13-14,17,31,35H,10,12,15-16H2,1-3H3,(H,29,32)(H,30,34). The quantitative estimate of drug-likeness (QED) is 0.181. The van der Waals surface area contributed by atoms with Crippen LogP contribution in [0.4, 0.5) is 11.4 Å². The van der Waals surface area contributed by atoms with Crippen LogP contribution in [0.2, 0.25) is 10.0 Å². The molecule has 0 saturated heterocycles. The predicted octanol–water partition coefficient (Wildman–Crippen LogP) is 5.55. The van der Waals surface area contributed by atoms with E-state index < -0.39 is 5.60 Å². The Balaban J connectivity index is 1.66. The largest absolute Gasteiger partial charge is 0.456 e. The molecule has 1 amide bonds. The molecule has 0 bridgehead atoms. The molecule has 4 N–H and O–H groups in total. The first-order chi connectivity index (χ1) is 17.1. The predicted molar refractivity (Wildman–Crippen MR) is 147 cm³/mol. The normalized spacial score (nSPS) is 11.5. The summed E-state index contributed by atoms with van der Waals surface area (Å²) >= 11 is 12.5. The van der Waals surface area contributed by atoms with Crippen molar-refractivity contribution >= 4 is 46.8 Å². The Morgan fingerprint density at radius 3 is 2.69 bits per heavy atom. The molecule has 192 valence electrons. The van der Waals surface area contributed by atoms with Crippen molar-refractivity contribution in [2.24, 2.45) is 4.99 Å². The van der Waals surface area contributed by atoms with Gasteiger partial charge in [0, 0.05) is 37.0 Å². The molecule has 0 aliphatic heterocycles. The van der Waals surface area contributed by atoms with Gasteiger partial charge in [-0.3, -0.25) is 9.79 Å². The van der Waals surface area contributed by atoms with Crippen LogP contribution < -0.4 is 20.7 Å². The average Bonchev–Trinajstić information content (AvgIpc) is 3.18. The van der Waals surface area contributed by atoms with Crippen molar-refractivity contribution in [3.8, 4) is 11.5 Å². The summed E-state index contributed by atoms with van der Waals surface area (Å²) in [6.45, 7) is 4.71. The molecular weight excluding hydrogens is 501 g/mol. The smallest absolute Gasteiger partial charge is 0.222 e. The van der Waals surface area contributed by atoms with E-state index in [2.05, 4.69) is 20.9 Å². The number of carbonyl (C=O) groups excluding carboxylic acids is 1. The number of hydrogen-bond donors (Lipinski definition) is 4. The molecule has 0 fully saturated rings. The summed E-state index contributed by atoms with van der Waals surface area (Å²) in [5.74, 6) is 0.933. The average molecular weight is 532 g/mol. The number of amides is 1. The molecule has 1 heterocycles. The first kappa shape index (κ1) is 27.4. The number of halogens is 2. The number of aliphatic hydroxyl groups is 1. The second-order valence-corrected chi connectivity index (χ2v) is 9.64. The zero-order valence-electron chi connectivity index (χ0n) is 20.5. The van der Waals surface area contributed by atoms with Crippen LogP contribution in [0.25, 0.3) is 0 Å². The minimum Gasteiger partial charge on any atom is -0.456 e. The number of ether oxygens (including phenoxy) is 1. The monoisotopic (exact) mass is 531 g/mol. The van der Waals surface area contributed by atoms with Crippen LogP contribution in [0.3, 0.4) is 0 Å². The van der Waals surface area contributed by atoms with Crippen LogP contribution in [-0.2, 0) is 17.9 Å². The van der Waals surface area contributed by atoms with Crippen molar-refractivity contribution in [2.45, 2.75) is 39.0 Å².